The number of nitrogens with zero attached hydrogens (tertiary/aromatic N) is 2. The van der Waals surface area contributed by atoms with Crippen LogP contribution >= 0.6 is 11.3 Å². The van der Waals surface area contributed by atoms with Crippen LogP contribution in [-0.4, -0.2) is 37.1 Å². The van der Waals surface area contributed by atoms with Crippen molar-refractivity contribution in [2.45, 2.75) is 6.18 Å². The lowest BCUT2D eigenvalue weighted by Crippen LogP contribution is -2.08. The third-order valence-electron chi connectivity index (χ3n) is 5.09. The van der Waals surface area contributed by atoms with E-state index in [-0.39, 0.29) is 49.3 Å². The molecule has 7 nitrogen and oxygen atoms in total. The highest BCUT2D eigenvalue weighted by Gasteiger charge is 2.36. The Bertz CT molecular complexity index is 1360. The molecular formula is C23H18F3N3O4S. The van der Waals surface area contributed by atoms with Gasteiger partial charge in [0.1, 0.15) is 9.71 Å². The van der Waals surface area contributed by atoms with Gasteiger partial charge in [-0.2, -0.15) is 13.2 Å². The average Bonchev–Trinajstić information content (AvgIpc) is 3.18. The van der Waals surface area contributed by atoms with Gasteiger partial charge in [-0.15, -0.1) is 11.3 Å². The second-order valence-electron chi connectivity index (χ2n) is 7.06. The van der Waals surface area contributed by atoms with Crippen LogP contribution in [0.1, 0.15) is 20.8 Å². The average molecular weight is 489 g/mol. The number of nitrogen functional groups attached to an aromatic ring is 1. The summed E-state index contributed by atoms with van der Waals surface area (Å²) in [7, 11) is 4.19. The van der Waals surface area contributed by atoms with E-state index in [1.165, 1.54) is 45.9 Å². The first-order valence-electron chi connectivity index (χ1n) is 9.74. The molecule has 0 aliphatic heterocycles. The molecule has 2 N–H and O–H groups in total. The standard InChI is InChI=1S/C23H18F3N3O4S/c1-31-15-7-12(8-16(32-2)20(15)33-3)19(30)21-18(27)17-13(23(24,25)26)9-14(29-22(17)34-21)11-5-4-6-28-10-11/h4-10H,27H2,1-3H3. The summed E-state index contributed by atoms with van der Waals surface area (Å²) in [6.07, 6.45) is -1.81. The zero-order chi connectivity index (χ0) is 24.6. The van der Waals surface area contributed by atoms with Crippen LogP contribution < -0.4 is 19.9 Å². The second-order valence-corrected chi connectivity index (χ2v) is 8.06. The van der Waals surface area contributed by atoms with E-state index in [0.717, 1.165) is 17.4 Å². The molecule has 0 aliphatic carbocycles. The van der Waals surface area contributed by atoms with Gasteiger partial charge in [0.05, 0.1) is 38.3 Å². The molecule has 0 spiro atoms. The van der Waals surface area contributed by atoms with Crippen LogP contribution in [0.15, 0.2) is 42.7 Å². The van der Waals surface area contributed by atoms with Crippen LogP contribution in [0.2, 0.25) is 0 Å². The van der Waals surface area contributed by atoms with Gasteiger partial charge in [-0.1, -0.05) is 0 Å². The predicted octanol–water partition coefficient (Wildman–Crippen LogP) is 5.22. The van der Waals surface area contributed by atoms with E-state index < -0.39 is 17.5 Å². The molecule has 4 aromatic rings. The van der Waals surface area contributed by atoms with E-state index in [0.29, 0.717) is 5.56 Å². The number of anilines is 1. The highest BCUT2D eigenvalue weighted by Crippen LogP contribution is 2.45. The second kappa shape index (κ2) is 8.82. The molecule has 0 unspecified atom stereocenters. The van der Waals surface area contributed by atoms with Gasteiger partial charge in [-0.25, -0.2) is 4.98 Å². The van der Waals surface area contributed by atoms with Gasteiger partial charge in [0, 0.05) is 28.9 Å². The van der Waals surface area contributed by atoms with Crippen molar-refractivity contribution in [3.8, 4) is 28.5 Å². The van der Waals surface area contributed by atoms with E-state index in [1.807, 2.05) is 0 Å². The van der Waals surface area contributed by atoms with Gasteiger partial charge in [0.15, 0.2) is 11.5 Å². The summed E-state index contributed by atoms with van der Waals surface area (Å²) in [6.45, 7) is 0. The zero-order valence-corrected chi connectivity index (χ0v) is 19.0. The molecule has 0 radical (unpaired) electrons. The number of rotatable bonds is 6. The SMILES string of the molecule is COc1cc(C(=O)c2sc3nc(-c4cccnc4)cc(C(F)(F)F)c3c2N)cc(OC)c1OC. The van der Waals surface area contributed by atoms with Crippen LogP contribution in [0.25, 0.3) is 21.5 Å². The molecule has 34 heavy (non-hydrogen) atoms. The van der Waals surface area contributed by atoms with E-state index in [2.05, 4.69) is 9.97 Å². The molecule has 1 aromatic carbocycles. The number of carbonyl (C=O) groups excluding carboxylic acids is 1. The summed E-state index contributed by atoms with van der Waals surface area (Å²) in [6, 6.07) is 6.92. The smallest absolute Gasteiger partial charge is 0.417 e. The zero-order valence-electron chi connectivity index (χ0n) is 18.2. The van der Waals surface area contributed by atoms with Crippen molar-refractivity contribution in [1.29, 1.82) is 0 Å². The summed E-state index contributed by atoms with van der Waals surface area (Å²) >= 11 is 0.784. The van der Waals surface area contributed by atoms with Gasteiger partial charge < -0.3 is 19.9 Å². The number of fused-ring (bicyclic) bond motifs is 1. The van der Waals surface area contributed by atoms with Gasteiger partial charge in [0.25, 0.3) is 0 Å². The van der Waals surface area contributed by atoms with Crippen molar-refractivity contribution in [2.75, 3.05) is 27.1 Å². The number of ketones is 1. The summed E-state index contributed by atoms with van der Waals surface area (Å²) in [5.74, 6) is 0.111. The summed E-state index contributed by atoms with van der Waals surface area (Å²) in [5.41, 5.74) is 5.42. The number of nitrogens with two attached hydrogens (primary N) is 1. The maximum Gasteiger partial charge on any atom is 0.417 e. The van der Waals surface area contributed by atoms with E-state index in [1.54, 1.807) is 12.1 Å². The van der Waals surface area contributed by atoms with Crippen LogP contribution in [-0.2, 0) is 6.18 Å². The van der Waals surface area contributed by atoms with Crippen LogP contribution in [0.3, 0.4) is 0 Å². The third kappa shape index (κ3) is 3.98. The molecule has 0 atom stereocenters. The lowest BCUT2D eigenvalue weighted by atomic mass is 10.0. The molecule has 0 saturated carbocycles. The molecule has 176 valence electrons. The summed E-state index contributed by atoms with van der Waals surface area (Å²) < 4.78 is 57.7. The molecular weight excluding hydrogens is 471 g/mol. The Hall–Kier alpha value is -3.86. The highest BCUT2D eigenvalue weighted by atomic mass is 32.1. The number of pyridine rings is 2. The van der Waals surface area contributed by atoms with E-state index in [9.17, 15) is 18.0 Å². The Kier molecular flexibility index (Phi) is 6.05. The molecule has 0 saturated heterocycles. The molecule has 0 aliphatic rings. The van der Waals surface area contributed by atoms with Crippen molar-refractivity contribution in [2.24, 2.45) is 0 Å². The van der Waals surface area contributed by atoms with Crippen LogP contribution in [0.5, 0.6) is 17.2 Å². The Labute approximate surface area is 195 Å². The number of alkyl halides is 3. The van der Waals surface area contributed by atoms with Gasteiger partial charge >= 0.3 is 6.18 Å². The first kappa shape index (κ1) is 23.3. The number of halogens is 3. The van der Waals surface area contributed by atoms with Crippen molar-refractivity contribution in [1.82, 2.24) is 9.97 Å². The maximum absolute atomic E-state index is 14.0. The lowest BCUT2D eigenvalue weighted by Gasteiger charge is -2.13. The molecule has 0 bridgehead atoms. The predicted molar refractivity (Wildman–Crippen MR) is 122 cm³/mol. The Balaban J connectivity index is 1.93. The molecule has 0 amide bonds. The van der Waals surface area contributed by atoms with Crippen molar-refractivity contribution in [3.63, 3.8) is 0 Å². The fourth-order valence-electron chi connectivity index (χ4n) is 3.52. The topological polar surface area (TPSA) is 96.6 Å². The third-order valence-corrected chi connectivity index (χ3v) is 6.19. The van der Waals surface area contributed by atoms with Gasteiger partial charge in [-0.05, 0) is 30.3 Å². The van der Waals surface area contributed by atoms with Crippen molar-refractivity contribution >= 4 is 33.0 Å². The normalized spacial score (nSPS) is 11.5. The Morgan fingerprint density at radius 3 is 2.26 bits per heavy atom. The largest absolute Gasteiger partial charge is 0.493 e. The van der Waals surface area contributed by atoms with Crippen molar-refractivity contribution < 1.29 is 32.2 Å². The first-order chi connectivity index (χ1) is 16.2. The lowest BCUT2D eigenvalue weighted by molar-refractivity contribution is -0.136. The first-order valence-corrected chi connectivity index (χ1v) is 10.6. The quantitative estimate of drug-likeness (QED) is 0.371. The minimum absolute atomic E-state index is 0.0121. The number of thiophene rings is 1. The fourth-order valence-corrected chi connectivity index (χ4v) is 4.60. The van der Waals surface area contributed by atoms with Crippen LogP contribution in [0.4, 0.5) is 18.9 Å². The van der Waals surface area contributed by atoms with Crippen molar-refractivity contribution in [3.05, 3.63) is 58.7 Å². The number of ether oxygens (including phenoxy) is 3. The highest BCUT2D eigenvalue weighted by molar-refractivity contribution is 7.21. The number of hydrogen-bond donors (Lipinski definition) is 1. The summed E-state index contributed by atoms with van der Waals surface area (Å²) in [5, 5.41) is -0.319. The Morgan fingerprint density at radius 1 is 1.06 bits per heavy atom. The molecule has 3 heterocycles. The fraction of sp³-hybridized carbons (Fsp3) is 0.174. The Morgan fingerprint density at radius 2 is 1.74 bits per heavy atom. The van der Waals surface area contributed by atoms with Crippen LogP contribution in [0, 0.1) is 0 Å². The van der Waals surface area contributed by atoms with E-state index in [4.69, 9.17) is 19.9 Å². The van der Waals surface area contributed by atoms with E-state index >= 15 is 0 Å². The van der Waals surface area contributed by atoms with Gasteiger partial charge in [0.2, 0.25) is 11.5 Å². The number of methoxy groups -OCH3 is 3. The number of benzene rings is 1. The van der Waals surface area contributed by atoms with Gasteiger partial charge in [-0.3, -0.25) is 9.78 Å². The monoisotopic (exact) mass is 489 g/mol. The molecule has 4 rings (SSSR count). The number of aromatic nitrogens is 2. The molecule has 0 fully saturated rings. The molecule has 3 aromatic heterocycles. The summed E-state index contributed by atoms with van der Waals surface area (Å²) in [4.78, 5) is 21.5. The number of hydrogen-bond acceptors (Lipinski definition) is 8. The molecule has 11 heteroatoms. The maximum atomic E-state index is 14.0. The minimum atomic E-state index is -4.72. The number of carbonyl (C=O) groups is 1. The minimum Gasteiger partial charge on any atom is -0.493 e.